The summed E-state index contributed by atoms with van der Waals surface area (Å²) in [5.41, 5.74) is 13.0. The summed E-state index contributed by atoms with van der Waals surface area (Å²) in [5.74, 6) is 0.887. The van der Waals surface area contributed by atoms with Gasteiger partial charge < -0.3 is 26.0 Å². The highest BCUT2D eigenvalue weighted by Gasteiger charge is 2.19. The zero-order valence-electron chi connectivity index (χ0n) is 16.8. The summed E-state index contributed by atoms with van der Waals surface area (Å²) in [6, 6.07) is 23.7. The van der Waals surface area contributed by atoms with Gasteiger partial charge in [-0.05, 0) is 46.5 Å². The van der Waals surface area contributed by atoms with Crippen LogP contribution in [0.2, 0.25) is 0 Å². The largest absolute Gasteiger partial charge is 0.497 e. The molecule has 0 saturated heterocycles. The molecule has 0 atom stereocenters. The molecule has 0 fully saturated rings. The number of hydrogen-bond donors (Lipinski definition) is 3. The number of nitrogens with zero attached hydrogens (tertiary/aromatic N) is 1. The van der Waals surface area contributed by atoms with Gasteiger partial charge in [-0.2, -0.15) is 0 Å². The monoisotopic (exact) mass is 388 g/mol. The molecule has 1 heterocycles. The Labute approximate surface area is 172 Å². The molecule has 0 bridgehead atoms. The molecule has 5 heteroatoms. The molecule has 0 amide bonds. The van der Waals surface area contributed by atoms with Gasteiger partial charge in [-0.15, -0.1) is 0 Å². The quantitative estimate of drug-likeness (QED) is 0.513. The first-order valence-corrected chi connectivity index (χ1v) is 10.0. The molecule has 0 unspecified atom stereocenters. The second kappa shape index (κ2) is 8.99. The van der Waals surface area contributed by atoms with Crippen LogP contribution in [-0.4, -0.2) is 26.9 Å². The van der Waals surface area contributed by atoms with Gasteiger partial charge in [0, 0.05) is 26.2 Å². The Kier molecular flexibility index (Phi) is 5.98. The van der Waals surface area contributed by atoms with E-state index in [0.717, 1.165) is 32.1 Å². The van der Waals surface area contributed by atoms with E-state index >= 15 is 0 Å². The van der Waals surface area contributed by atoms with E-state index in [-0.39, 0.29) is 0 Å². The van der Waals surface area contributed by atoms with Crippen LogP contribution >= 0.6 is 0 Å². The molecule has 0 spiro atoms. The minimum atomic E-state index is 0.661. The van der Waals surface area contributed by atoms with Crippen LogP contribution in [0.4, 0.5) is 11.4 Å². The highest BCUT2D eigenvalue weighted by molar-refractivity contribution is 5.81. The minimum Gasteiger partial charge on any atom is -0.497 e. The lowest BCUT2D eigenvalue weighted by atomic mass is 10.0. The van der Waals surface area contributed by atoms with Crippen LogP contribution in [0.15, 0.2) is 66.7 Å². The van der Waals surface area contributed by atoms with E-state index in [9.17, 15) is 0 Å². The molecular formula is C24H28N4O. The number of fused-ring (bicyclic) bond motifs is 1. The van der Waals surface area contributed by atoms with Crippen LogP contribution < -0.4 is 26.0 Å². The Bertz CT molecular complexity index is 938. The van der Waals surface area contributed by atoms with Crippen LogP contribution in [0.3, 0.4) is 0 Å². The molecule has 1 aliphatic rings. The third kappa shape index (κ3) is 4.53. The van der Waals surface area contributed by atoms with Crippen molar-refractivity contribution in [2.75, 3.05) is 37.1 Å². The number of benzene rings is 3. The molecule has 0 saturated carbocycles. The molecule has 0 radical (unpaired) electrons. The van der Waals surface area contributed by atoms with E-state index in [0.29, 0.717) is 6.54 Å². The second-order valence-electron chi connectivity index (χ2n) is 7.28. The van der Waals surface area contributed by atoms with Crippen LogP contribution in [0.25, 0.3) is 11.1 Å². The van der Waals surface area contributed by atoms with Gasteiger partial charge in [0.15, 0.2) is 0 Å². The number of rotatable bonds is 8. The SMILES string of the molecule is COc1ccc(CN2CNc3ccc(-c4ccc(CNCCN)cc4)cc32)cc1. The van der Waals surface area contributed by atoms with Gasteiger partial charge in [-0.25, -0.2) is 0 Å². The maximum atomic E-state index is 5.53. The van der Waals surface area contributed by atoms with E-state index in [1.165, 1.54) is 33.6 Å². The fourth-order valence-electron chi connectivity index (χ4n) is 3.63. The Balaban J connectivity index is 1.49. The fourth-order valence-corrected chi connectivity index (χ4v) is 3.63. The first-order valence-electron chi connectivity index (χ1n) is 10.0. The lowest BCUT2D eigenvalue weighted by Gasteiger charge is -2.19. The predicted octanol–water partition coefficient (Wildman–Crippen LogP) is 3.80. The Morgan fingerprint density at radius 2 is 1.69 bits per heavy atom. The van der Waals surface area contributed by atoms with Crippen LogP contribution in [0.1, 0.15) is 11.1 Å². The van der Waals surface area contributed by atoms with Crippen LogP contribution in [0.5, 0.6) is 5.75 Å². The van der Waals surface area contributed by atoms with Crippen LogP contribution in [0, 0.1) is 0 Å². The molecule has 0 aliphatic carbocycles. The number of nitrogens with two attached hydrogens (primary N) is 1. The van der Waals surface area contributed by atoms with Crippen molar-refractivity contribution in [3.63, 3.8) is 0 Å². The van der Waals surface area contributed by atoms with Gasteiger partial charge in [0.1, 0.15) is 5.75 Å². The molecule has 5 nitrogen and oxygen atoms in total. The topological polar surface area (TPSA) is 62.5 Å². The number of nitrogens with one attached hydrogen (secondary N) is 2. The lowest BCUT2D eigenvalue weighted by molar-refractivity contribution is 0.414. The van der Waals surface area contributed by atoms with E-state index in [1.807, 2.05) is 12.1 Å². The summed E-state index contributed by atoms with van der Waals surface area (Å²) in [7, 11) is 1.69. The first kappa shape index (κ1) is 19.3. The maximum absolute atomic E-state index is 5.53. The van der Waals surface area contributed by atoms with Crippen molar-refractivity contribution in [2.24, 2.45) is 5.73 Å². The minimum absolute atomic E-state index is 0.661. The molecule has 29 heavy (non-hydrogen) atoms. The van der Waals surface area contributed by atoms with Gasteiger partial charge in [-0.1, -0.05) is 42.5 Å². The molecular weight excluding hydrogens is 360 g/mol. The molecule has 0 aromatic heterocycles. The van der Waals surface area contributed by atoms with Crippen molar-refractivity contribution in [2.45, 2.75) is 13.1 Å². The van der Waals surface area contributed by atoms with E-state index < -0.39 is 0 Å². The van der Waals surface area contributed by atoms with Crippen molar-refractivity contribution in [3.8, 4) is 16.9 Å². The highest BCUT2D eigenvalue weighted by Crippen LogP contribution is 2.36. The van der Waals surface area contributed by atoms with E-state index in [2.05, 4.69) is 70.1 Å². The molecule has 4 N–H and O–H groups in total. The van der Waals surface area contributed by atoms with Gasteiger partial charge in [-0.3, -0.25) is 0 Å². The zero-order valence-corrected chi connectivity index (χ0v) is 16.8. The van der Waals surface area contributed by atoms with Gasteiger partial charge in [0.2, 0.25) is 0 Å². The third-order valence-corrected chi connectivity index (χ3v) is 5.27. The van der Waals surface area contributed by atoms with Crippen molar-refractivity contribution in [1.29, 1.82) is 0 Å². The third-order valence-electron chi connectivity index (χ3n) is 5.27. The van der Waals surface area contributed by atoms with Crippen LogP contribution in [-0.2, 0) is 13.1 Å². The number of ether oxygens (including phenoxy) is 1. The number of methoxy groups -OCH3 is 1. The summed E-state index contributed by atoms with van der Waals surface area (Å²) in [6.45, 7) is 4.02. The standard InChI is InChI=1S/C24H28N4O/c1-29-22-9-4-19(5-10-22)16-28-17-27-23-11-8-21(14-24(23)28)20-6-2-18(3-7-20)15-26-13-12-25/h2-11,14,26-27H,12-13,15-17,25H2,1H3. The smallest absolute Gasteiger partial charge is 0.118 e. The summed E-state index contributed by atoms with van der Waals surface area (Å²) < 4.78 is 5.26. The summed E-state index contributed by atoms with van der Waals surface area (Å²) in [5, 5.41) is 6.83. The maximum Gasteiger partial charge on any atom is 0.118 e. The number of anilines is 2. The fraction of sp³-hybridized carbons (Fsp3) is 0.250. The molecule has 150 valence electrons. The van der Waals surface area contributed by atoms with Crippen molar-refractivity contribution in [1.82, 2.24) is 5.32 Å². The molecule has 4 rings (SSSR count). The molecule has 3 aromatic rings. The van der Waals surface area contributed by atoms with Gasteiger partial charge in [0.05, 0.1) is 25.2 Å². The normalized spacial score (nSPS) is 12.6. The lowest BCUT2D eigenvalue weighted by Crippen LogP contribution is -2.22. The first-order chi connectivity index (χ1) is 14.3. The second-order valence-corrected chi connectivity index (χ2v) is 7.28. The highest BCUT2D eigenvalue weighted by atomic mass is 16.5. The van der Waals surface area contributed by atoms with Gasteiger partial charge >= 0.3 is 0 Å². The van der Waals surface area contributed by atoms with E-state index in [4.69, 9.17) is 10.5 Å². The Morgan fingerprint density at radius 1 is 0.966 bits per heavy atom. The summed E-state index contributed by atoms with van der Waals surface area (Å²) in [6.07, 6.45) is 0. The van der Waals surface area contributed by atoms with Crippen molar-refractivity contribution in [3.05, 3.63) is 77.9 Å². The summed E-state index contributed by atoms with van der Waals surface area (Å²) >= 11 is 0. The zero-order chi connectivity index (χ0) is 20.1. The Hall–Kier alpha value is -3.02. The number of hydrogen-bond acceptors (Lipinski definition) is 5. The molecule has 3 aromatic carbocycles. The summed E-state index contributed by atoms with van der Waals surface area (Å²) in [4.78, 5) is 2.37. The van der Waals surface area contributed by atoms with Gasteiger partial charge in [0.25, 0.3) is 0 Å². The average molecular weight is 389 g/mol. The average Bonchev–Trinajstić information content (AvgIpc) is 3.17. The van der Waals surface area contributed by atoms with E-state index in [1.54, 1.807) is 7.11 Å². The predicted molar refractivity (Wildman–Crippen MR) is 120 cm³/mol. The van der Waals surface area contributed by atoms with Crippen molar-refractivity contribution < 1.29 is 4.74 Å². The Morgan fingerprint density at radius 3 is 2.41 bits per heavy atom. The van der Waals surface area contributed by atoms with Crippen molar-refractivity contribution >= 4 is 11.4 Å². The molecule has 1 aliphatic heterocycles.